The van der Waals surface area contributed by atoms with Crippen molar-refractivity contribution >= 4 is 0 Å². The molecule has 0 unspecified atom stereocenters. The number of rotatable bonds is 6. The van der Waals surface area contributed by atoms with Crippen LogP contribution in [-0.4, -0.2) is 46.0 Å². The summed E-state index contributed by atoms with van der Waals surface area (Å²) in [7, 11) is 0. The predicted molar refractivity (Wildman–Crippen MR) is 52.1 cm³/mol. The van der Waals surface area contributed by atoms with Crippen molar-refractivity contribution in [3.05, 3.63) is 11.7 Å². The summed E-state index contributed by atoms with van der Waals surface area (Å²) >= 11 is 0. The number of halogens is 3. The van der Waals surface area contributed by atoms with Crippen LogP contribution in [0.1, 0.15) is 18.6 Å². The van der Waals surface area contributed by atoms with Crippen molar-refractivity contribution in [2.75, 3.05) is 19.7 Å². The third-order valence-electron chi connectivity index (χ3n) is 2.00. The van der Waals surface area contributed by atoms with E-state index in [0.29, 0.717) is 12.2 Å². The number of aliphatic hydroxyl groups excluding tert-OH is 1. The maximum atomic E-state index is 12.2. The van der Waals surface area contributed by atoms with Crippen LogP contribution in [-0.2, 0) is 13.0 Å². The summed E-state index contributed by atoms with van der Waals surface area (Å²) in [6.45, 7) is 0.133. The Morgan fingerprint density at radius 2 is 2.12 bits per heavy atom. The molecule has 0 bridgehead atoms. The maximum absolute atomic E-state index is 12.2. The zero-order valence-electron chi connectivity index (χ0n) is 9.37. The van der Waals surface area contributed by atoms with Gasteiger partial charge in [-0.1, -0.05) is 12.1 Å². The highest BCUT2D eigenvalue weighted by Gasteiger charge is 2.31. The third kappa shape index (κ3) is 5.14. The van der Waals surface area contributed by atoms with Crippen LogP contribution in [0.2, 0.25) is 0 Å². The van der Waals surface area contributed by atoms with Gasteiger partial charge in [-0.05, 0) is 0 Å². The van der Waals surface area contributed by atoms with Crippen molar-refractivity contribution in [1.82, 2.24) is 15.0 Å². The van der Waals surface area contributed by atoms with Crippen molar-refractivity contribution < 1.29 is 22.8 Å². The Morgan fingerprint density at radius 3 is 2.59 bits per heavy atom. The van der Waals surface area contributed by atoms with Gasteiger partial charge in [0.05, 0.1) is 19.7 Å². The molecule has 5 nitrogen and oxygen atoms in total. The lowest BCUT2D eigenvalue weighted by atomic mass is 10.4. The Hall–Kier alpha value is -1.15. The van der Waals surface area contributed by atoms with E-state index < -0.39 is 12.7 Å². The Morgan fingerprint density at radius 1 is 1.41 bits per heavy atom. The normalized spacial score (nSPS) is 12.4. The van der Waals surface area contributed by atoms with Crippen molar-refractivity contribution in [3.8, 4) is 0 Å². The summed E-state index contributed by atoms with van der Waals surface area (Å²) in [4.78, 5) is 4.92. The van der Waals surface area contributed by atoms with E-state index in [1.165, 1.54) is 0 Å². The van der Waals surface area contributed by atoms with Crippen molar-refractivity contribution in [1.29, 1.82) is 0 Å². The summed E-state index contributed by atoms with van der Waals surface area (Å²) in [5.41, 5.74) is 0. The molecule has 0 aliphatic rings. The van der Waals surface area contributed by atoms with Crippen LogP contribution in [0, 0.1) is 0 Å². The topological polar surface area (TPSA) is 62.4 Å². The molecule has 1 aromatic rings. The van der Waals surface area contributed by atoms with Crippen LogP contribution in [0.25, 0.3) is 0 Å². The second-order valence-corrected chi connectivity index (χ2v) is 3.51. The maximum Gasteiger partial charge on any atom is 0.401 e. The zero-order valence-corrected chi connectivity index (χ0v) is 9.37. The minimum Gasteiger partial charge on any atom is -0.395 e. The molecule has 0 aliphatic carbocycles. The fraction of sp³-hybridized carbons (Fsp3) is 0.778. The predicted octanol–water partition coefficient (Wildman–Crippen LogP) is 0.989. The minimum atomic E-state index is -4.32. The number of aryl methyl sites for hydroxylation is 1. The van der Waals surface area contributed by atoms with Crippen LogP contribution >= 0.6 is 0 Å². The molecule has 1 heterocycles. The molecule has 0 radical (unpaired) electrons. The third-order valence-corrected chi connectivity index (χ3v) is 2.00. The lowest BCUT2D eigenvalue weighted by Crippen LogP contribution is -2.35. The van der Waals surface area contributed by atoms with E-state index in [2.05, 4.69) is 10.1 Å². The van der Waals surface area contributed by atoms with E-state index in [1.807, 2.05) is 6.92 Å². The van der Waals surface area contributed by atoms with Gasteiger partial charge in [0.1, 0.15) is 0 Å². The van der Waals surface area contributed by atoms with E-state index in [9.17, 15) is 13.2 Å². The van der Waals surface area contributed by atoms with E-state index in [0.717, 1.165) is 4.90 Å². The van der Waals surface area contributed by atoms with Crippen LogP contribution in [0.4, 0.5) is 13.2 Å². The first kappa shape index (κ1) is 13.9. The molecular formula is C9H14F3N3O2. The highest BCUT2D eigenvalue weighted by Crippen LogP contribution is 2.17. The summed E-state index contributed by atoms with van der Waals surface area (Å²) in [5.74, 6) is 0.579. The van der Waals surface area contributed by atoms with Gasteiger partial charge in [-0.25, -0.2) is 0 Å². The summed E-state index contributed by atoms with van der Waals surface area (Å²) in [5, 5.41) is 12.3. The van der Waals surface area contributed by atoms with Crippen LogP contribution < -0.4 is 0 Å². The lowest BCUT2D eigenvalue weighted by molar-refractivity contribution is -0.148. The smallest absolute Gasteiger partial charge is 0.395 e. The second-order valence-electron chi connectivity index (χ2n) is 3.51. The summed E-state index contributed by atoms with van der Waals surface area (Å²) < 4.78 is 41.4. The van der Waals surface area contributed by atoms with E-state index >= 15 is 0 Å². The highest BCUT2D eigenvalue weighted by atomic mass is 19.4. The summed E-state index contributed by atoms with van der Waals surface area (Å²) in [6.07, 6.45) is -3.76. The van der Waals surface area contributed by atoms with Gasteiger partial charge in [-0.15, -0.1) is 0 Å². The molecule has 0 aromatic carbocycles. The molecule has 1 rings (SSSR count). The number of aliphatic hydroxyl groups is 1. The van der Waals surface area contributed by atoms with E-state index in [4.69, 9.17) is 9.63 Å². The zero-order chi connectivity index (χ0) is 12.9. The number of aromatic nitrogens is 2. The van der Waals surface area contributed by atoms with Crippen LogP contribution in [0.5, 0.6) is 0 Å². The number of hydrogen-bond acceptors (Lipinski definition) is 5. The molecule has 17 heavy (non-hydrogen) atoms. The van der Waals surface area contributed by atoms with E-state index in [-0.39, 0.29) is 25.6 Å². The molecule has 1 aromatic heterocycles. The van der Waals surface area contributed by atoms with Crippen LogP contribution in [0.3, 0.4) is 0 Å². The molecule has 98 valence electrons. The fourth-order valence-electron chi connectivity index (χ4n) is 1.30. The van der Waals surface area contributed by atoms with Crippen molar-refractivity contribution in [2.45, 2.75) is 26.1 Å². The SMILES string of the molecule is CCc1noc(CN(CCO)CC(F)(F)F)n1. The molecule has 0 saturated carbocycles. The molecular weight excluding hydrogens is 239 g/mol. The molecule has 0 atom stereocenters. The molecule has 0 spiro atoms. The van der Waals surface area contributed by atoms with Crippen LogP contribution in [0.15, 0.2) is 4.52 Å². The molecule has 0 aliphatic heterocycles. The lowest BCUT2D eigenvalue weighted by Gasteiger charge is -2.20. The molecule has 0 saturated heterocycles. The van der Waals surface area contributed by atoms with E-state index in [1.54, 1.807) is 0 Å². The summed E-state index contributed by atoms with van der Waals surface area (Å²) in [6, 6.07) is 0. The average Bonchev–Trinajstić information content (AvgIpc) is 2.63. The van der Waals surface area contributed by atoms with Gasteiger partial charge in [-0.3, -0.25) is 4.90 Å². The first-order chi connectivity index (χ1) is 7.94. The number of nitrogens with zero attached hydrogens (tertiary/aromatic N) is 3. The van der Waals surface area contributed by atoms with Gasteiger partial charge in [-0.2, -0.15) is 18.2 Å². The Kier molecular flexibility index (Phi) is 4.88. The van der Waals surface area contributed by atoms with Gasteiger partial charge >= 0.3 is 6.18 Å². The first-order valence-electron chi connectivity index (χ1n) is 5.16. The fourth-order valence-corrected chi connectivity index (χ4v) is 1.30. The van der Waals surface area contributed by atoms with Gasteiger partial charge < -0.3 is 9.63 Å². The molecule has 0 amide bonds. The average molecular weight is 253 g/mol. The highest BCUT2D eigenvalue weighted by molar-refractivity contribution is 4.85. The Bertz CT molecular complexity index is 340. The standard InChI is InChI=1S/C9H14F3N3O2/c1-2-7-13-8(17-14-7)5-15(3-4-16)6-9(10,11)12/h16H,2-6H2,1H3. The second kappa shape index (κ2) is 5.97. The largest absolute Gasteiger partial charge is 0.401 e. The monoisotopic (exact) mass is 253 g/mol. The minimum absolute atomic E-state index is 0.0939. The Balaban J connectivity index is 2.59. The van der Waals surface area contributed by atoms with Crippen molar-refractivity contribution in [3.63, 3.8) is 0 Å². The van der Waals surface area contributed by atoms with Crippen molar-refractivity contribution in [2.24, 2.45) is 0 Å². The van der Waals surface area contributed by atoms with Gasteiger partial charge in [0.25, 0.3) is 0 Å². The first-order valence-corrected chi connectivity index (χ1v) is 5.16. The molecule has 8 heteroatoms. The number of alkyl halides is 3. The van der Waals surface area contributed by atoms with Gasteiger partial charge in [0.15, 0.2) is 5.82 Å². The molecule has 1 N–H and O–H groups in total. The Labute approximate surface area is 96.2 Å². The van der Waals surface area contributed by atoms with Gasteiger partial charge in [0, 0.05) is 13.0 Å². The molecule has 0 fully saturated rings. The van der Waals surface area contributed by atoms with Gasteiger partial charge in [0.2, 0.25) is 5.89 Å². The number of hydrogen-bond donors (Lipinski definition) is 1. The quantitative estimate of drug-likeness (QED) is 0.819.